The molecular weight excluding hydrogens is 288 g/mol. The Bertz CT molecular complexity index is 380. The SMILES string of the molecule is CCCOC(C)(C)CCCC(C)CC=CC(C)=CC(=O)OCC. The number of rotatable bonds is 12. The van der Waals surface area contributed by atoms with Gasteiger partial charge in [0, 0.05) is 12.7 Å². The summed E-state index contributed by atoms with van der Waals surface area (Å²) in [5, 5.41) is 0. The fourth-order valence-electron chi connectivity index (χ4n) is 2.35. The van der Waals surface area contributed by atoms with Crippen molar-refractivity contribution < 1.29 is 14.3 Å². The van der Waals surface area contributed by atoms with Gasteiger partial charge in [0.25, 0.3) is 0 Å². The lowest BCUT2D eigenvalue weighted by atomic mass is 9.94. The minimum absolute atomic E-state index is 0.00939. The van der Waals surface area contributed by atoms with E-state index in [4.69, 9.17) is 9.47 Å². The average molecular weight is 325 g/mol. The van der Waals surface area contributed by atoms with E-state index in [1.54, 1.807) is 0 Å². The smallest absolute Gasteiger partial charge is 0.330 e. The Morgan fingerprint density at radius 1 is 1.26 bits per heavy atom. The summed E-state index contributed by atoms with van der Waals surface area (Å²) in [6, 6.07) is 0. The van der Waals surface area contributed by atoms with E-state index in [0.29, 0.717) is 12.5 Å². The number of esters is 1. The highest BCUT2D eigenvalue weighted by molar-refractivity contribution is 5.83. The summed E-state index contributed by atoms with van der Waals surface area (Å²) >= 11 is 0. The molecule has 1 unspecified atom stereocenters. The fraction of sp³-hybridized carbons (Fsp3) is 0.750. The van der Waals surface area contributed by atoms with Crippen LogP contribution in [0.1, 0.15) is 73.6 Å². The van der Waals surface area contributed by atoms with Gasteiger partial charge in [-0.25, -0.2) is 4.79 Å². The standard InChI is InChI=1S/C20H36O3/c1-7-15-23-20(5,6)14-10-13-17(3)11-9-12-18(4)16-19(21)22-8-2/h9,12,16-17H,7-8,10-11,13-15H2,1-6H3. The van der Waals surface area contributed by atoms with Crippen LogP contribution in [0.5, 0.6) is 0 Å². The van der Waals surface area contributed by atoms with Crippen LogP contribution in [0.4, 0.5) is 0 Å². The second-order valence-corrected chi connectivity index (χ2v) is 6.88. The van der Waals surface area contributed by atoms with Crippen molar-refractivity contribution in [2.24, 2.45) is 5.92 Å². The van der Waals surface area contributed by atoms with Gasteiger partial charge in [-0.2, -0.15) is 0 Å². The molecule has 134 valence electrons. The van der Waals surface area contributed by atoms with Crippen molar-refractivity contribution in [3.63, 3.8) is 0 Å². The molecule has 1 atom stereocenters. The molecule has 0 aromatic rings. The van der Waals surface area contributed by atoms with Gasteiger partial charge in [-0.05, 0) is 58.4 Å². The van der Waals surface area contributed by atoms with Crippen molar-refractivity contribution in [2.75, 3.05) is 13.2 Å². The van der Waals surface area contributed by atoms with Crippen LogP contribution in [0.2, 0.25) is 0 Å². The van der Waals surface area contributed by atoms with E-state index in [0.717, 1.165) is 31.4 Å². The summed E-state index contributed by atoms with van der Waals surface area (Å²) in [4.78, 5) is 11.3. The van der Waals surface area contributed by atoms with Gasteiger partial charge < -0.3 is 9.47 Å². The summed E-state index contributed by atoms with van der Waals surface area (Å²) in [7, 11) is 0. The molecule has 0 saturated heterocycles. The molecule has 0 aliphatic rings. The molecule has 0 aromatic heterocycles. The maximum Gasteiger partial charge on any atom is 0.330 e. The Balaban J connectivity index is 4.00. The topological polar surface area (TPSA) is 35.5 Å². The number of hydrogen-bond donors (Lipinski definition) is 0. The first-order valence-corrected chi connectivity index (χ1v) is 8.96. The van der Waals surface area contributed by atoms with Crippen molar-refractivity contribution in [1.82, 2.24) is 0 Å². The van der Waals surface area contributed by atoms with Crippen LogP contribution in [0.15, 0.2) is 23.8 Å². The van der Waals surface area contributed by atoms with Crippen LogP contribution < -0.4 is 0 Å². The van der Waals surface area contributed by atoms with Crippen molar-refractivity contribution in [3.05, 3.63) is 23.8 Å². The molecule has 0 amide bonds. The van der Waals surface area contributed by atoms with Gasteiger partial charge in [0.15, 0.2) is 0 Å². The highest BCUT2D eigenvalue weighted by Gasteiger charge is 2.17. The lowest BCUT2D eigenvalue weighted by Gasteiger charge is -2.25. The van der Waals surface area contributed by atoms with Gasteiger partial charge in [0.05, 0.1) is 12.2 Å². The van der Waals surface area contributed by atoms with Gasteiger partial charge in [-0.15, -0.1) is 0 Å². The molecular formula is C20H36O3. The zero-order valence-electron chi connectivity index (χ0n) is 16.0. The van der Waals surface area contributed by atoms with E-state index in [2.05, 4.69) is 33.8 Å². The van der Waals surface area contributed by atoms with Crippen LogP contribution >= 0.6 is 0 Å². The number of ether oxygens (including phenoxy) is 2. The van der Waals surface area contributed by atoms with Crippen LogP contribution in [0.3, 0.4) is 0 Å². The quantitative estimate of drug-likeness (QED) is 0.272. The van der Waals surface area contributed by atoms with Gasteiger partial charge in [0.2, 0.25) is 0 Å². The molecule has 23 heavy (non-hydrogen) atoms. The molecule has 0 saturated carbocycles. The molecule has 0 spiro atoms. The molecule has 0 aromatic carbocycles. The Labute approximate surface area is 143 Å². The first kappa shape index (κ1) is 21.9. The first-order chi connectivity index (χ1) is 10.8. The predicted molar refractivity (Wildman–Crippen MR) is 97.5 cm³/mol. The minimum Gasteiger partial charge on any atom is -0.463 e. The normalized spacial score (nSPS) is 14.3. The Morgan fingerprint density at radius 3 is 2.57 bits per heavy atom. The fourth-order valence-corrected chi connectivity index (χ4v) is 2.35. The van der Waals surface area contributed by atoms with Gasteiger partial charge >= 0.3 is 5.97 Å². The molecule has 0 fully saturated rings. The third-order valence-corrected chi connectivity index (χ3v) is 3.72. The maximum absolute atomic E-state index is 11.3. The molecule has 0 aliphatic heterocycles. The van der Waals surface area contributed by atoms with Crippen molar-refractivity contribution >= 4 is 5.97 Å². The number of carbonyl (C=O) groups excluding carboxylic acids is 1. The number of carbonyl (C=O) groups is 1. The minimum atomic E-state index is -0.267. The molecule has 3 nitrogen and oxygen atoms in total. The van der Waals surface area contributed by atoms with Gasteiger partial charge in [-0.3, -0.25) is 0 Å². The van der Waals surface area contributed by atoms with Crippen molar-refractivity contribution in [1.29, 1.82) is 0 Å². The third kappa shape index (κ3) is 13.1. The largest absolute Gasteiger partial charge is 0.463 e. The molecule has 0 rings (SSSR count). The summed E-state index contributed by atoms with van der Waals surface area (Å²) in [6.45, 7) is 13.8. The number of hydrogen-bond acceptors (Lipinski definition) is 3. The average Bonchev–Trinajstić information content (AvgIpc) is 2.45. The second kappa shape index (κ2) is 12.3. The van der Waals surface area contributed by atoms with E-state index in [1.807, 2.05) is 19.9 Å². The van der Waals surface area contributed by atoms with E-state index in [1.165, 1.54) is 18.9 Å². The summed E-state index contributed by atoms with van der Waals surface area (Å²) < 4.78 is 10.8. The summed E-state index contributed by atoms with van der Waals surface area (Å²) in [6.07, 6.45) is 11.3. The van der Waals surface area contributed by atoms with Crippen LogP contribution in [0, 0.1) is 5.92 Å². The Hall–Kier alpha value is -1.09. The van der Waals surface area contributed by atoms with Crippen LogP contribution in [-0.2, 0) is 14.3 Å². The van der Waals surface area contributed by atoms with Crippen LogP contribution in [-0.4, -0.2) is 24.8 Å². The highest BCUT2D eigenvalue weighted by atomic mass is 16.5. The van der Waals surface area contributed by atoms with E-state index in [-0.39, 0.29) is 11.6 Å². The molecule has 0 aliphatic carbocycles. The van der Waals surface area contributed by atoms with Gasteiger partial charge in [-0.1, -0.05) is 38.8 Å². The summed E-state index contributed by atoms with van der Waals surface area (Å²) in [5.74, 6) is 0.376. The Kier molecular flexibility index (Phi) is 11.8. The third-order valence-electron chi connectivity index (χ3n) is 3.72. The molecule has 0 heterocycles. The van der Waals surface area contributed by atoms with Crippen molar-refractivity contribution in [2.45, 2.75) is 79.2 Å². The lowest BCUT2D eigenvalue weighted by molar-refractivity contribution is -0.137. The van der Waals surface area contributed by atoms with E-state index < -0.39 is 0 Å². The zero-order chi connectivity index (χ0) is 17.7. The molecule has 3 heteroatoms. The van der Waals surface area contributed by atoms with Crippen molar-refractivity contribution in [3.8, 4) is 0 Å². The molecule has 0 bridgehead atoms. The highest BCUT2D eigenvalue weighted by Crippen LogP contribution is 2.21. The zero-order valence-corrected chi connectivity index (χ0v) is 16.0. The molecule has 0 radical (unpaired) electrons. The monoisotopic (exact) mass is 324 g/mol. The maximum atomic E-state index is 11.3. The van der Waals surface area contributed by atoms with Gasteiger partial charge in [0.1, 0.15) is 0 Å². The van der Waals surface area contributed by atoms with E-state index in [9.17, 15) is 4.79 Å². The number of allylic oxidation sites excluding steroid dienone is 3. The Morgan fingerprint density at radius 2 is 1.96 bits per heavy atom. The second-order valence-electron chi connectivity index (χ2n) is 6.88. The van der Waals surface area contributed by atoms with E-state index >= 15 is 0 Å². The predicted octanol–water partition coefficient (Wildman–Crippen LogP) is 5.45. The van der Waals surface area contributed by atoms with Crippen LogP contribution in [0.25, 0.3) is 0 Å². The lowest BCUT2D eigenvalue weighted by Crippen LogP contribution is -2.24. The molecule has 0 N–H and O–H groups in total. The first-order valence-electron chi connectivity index (χ1n) is 8.96. The summed E-state index contributed by atoms with van der Waals surface area (Å²) in [5.41, 5.74) is 0.926.